The molecule has 1 aromatic heterocycles. The summed E-state index contributed by atoms with van der Waals surface area (Å²) in [5.74, 6) is -5.38. The maximum atomic E-state index is 14.6. The summed E-state index contributed by atoms with van der Waals surface area (Å²) in [6.07, 6.45) is -4.87. The fraction of sp³-hybridized carbons (Fsp3) is 0.409. The SMILES string of the molecule is CC(C)(CO)c1cc(F)c(CC(=O)Nc2ccnc(C(=O)NC3(C(F)(F)F)CC3)c2)c(F)c1O. The average molecular weight is 487 g/mol. The van der Waals surface area contributed by atoms with Crippen LogP contribution in [-0.4, -0.2) is 45.3 Å². The molecule has 0 unspecified atom stereocenters. The third kappa shape index (κ3) is 4.96. The number of phenolic OH excluding ortho intramolecular Hbond substituents is 1. The summed E-state index contributed by atoms with van der Waals surface area (Å²) in [4.78, 5) is 28.3. The zero-order valence-electron chi connectivity index (χ0n) is 18.2. The van der Waals surface area contributed by atoms with E-state index in [0.717, 1.165) is 18.3 Å². The second kappa shape index (κ2) is 8.82. The van der Waals surface area contributed by atoms with Gasteiger partial charge in [0.1, 0.15) is 17.1 Å². The second-order valence-electron chi connectivity index (χ2n) is 8.78. The molecule has 0 aliphatic heterocycles. The Hall–Kier alpha value is -3.28. The van der Waals surface area contributed by atoms with Crippen LogP contribution in [0.2, 0.25) is 0 Å². The van der Waals surface area contributed by atoms with Gasteiger partial charge in [-0.25, -0.2) is 8.78 Å². The van der Waals surface area contributed by atoms with Gasteiger partial charge in [0, 0.05) is 28.4 Å². The molecule has 1 heterocycles. The Morgan fingerprint density at radius 1 is 1.18 bits per heavy atom. The molecule has 1 aliphatic carbocycles. The zero-order chi connectivity index (χ0) is 25.5. The van der Waals surface area contributed by atoms with Crippen LogP contribution in [-0.2, 0) is 16.6 Å². The molecule has 0 atom stereocenters. The van der Waals surface area contributed by atoms with Crippen LogP contribution in [0.15, 0.2) is 24.4 Å². The second-order valence-corrected chi connectivity index (χ2v) is 8.78. The Bertz CT molecular complexity index is 1130. The van der Waals surface area contributed by atoms with Crippen LogP contribution in [0, 0.1) is 11.6 Å². The first-order chi connectivity index (χ1) is 15.7. The van der Waals surface area contributed by atoms with Crippen molar-refractivity contribution in [3.05, 3.63) is 52.9 Å². The molecule has 1 aliphatic rings. The number of benzene rings is 1. The maximum absolute atomic E-state index is 14.6. The van der Waals surface area contributed by atoms with Crippen molar-refractivity contribution in [1.29, 1.82) is 0 Å². The third-order valence-electron chi connectivity index (χ3n) is 5.67. The molecule has 2 aromatic rings. The van der Waals surface area contributed by atoms with Crippen LogP contribution in [0.5, 0.6) is 5.75 Å². The molecule has 0 radical (unpaired) electrons. The van der Waals surface area contributed by atoms with Crippen LogP contribution in [0.3, 0.4) is 0 Å². The smallest absolute Gasteiger partial charge is 0.411 e. The van der Waals surface area contributed by atoms with Crippen molar-refractivity contribution in [1.82, 2.24) is 10.3 Å². The maximum Gasteiger partial charge on any atom is 0.411 e. The first-order valence-electron chi connectivity index (χ1n) is 10.2. The fourth-order valence-corrected chi connectivity index (χ4v) is 3.30. The number of carbonyl (C=O) groups excluding carboxylic acids is 2. The molecule has 1 fully saturated rings. The van der Waals surface area contributed by atoms with E-state index in [2.05, 4.69) is 10.3 Å². The summed E-state index contributed by atoms with van der Waals surface area (Å²) in [6, 6.07) is 3.10. The summed E-state index contributed by atoms with van der Waals surface area (Å²) >= 11 is 0. The number of amides is 2. The molecular formula is C22H22F5N3O4. The Morgan fingerprint density at radius 2 is 1.82 bits per heavy atom. The molecular weight excluding hydrogens is 465 g/mol. The predicted molar refractivity (Wildman–Crippen MR) is 110 cm³/mol. The number of aromatic nitrogens is 1. The lowest BCUT2D eigenvalue weighted by atomic mass is 9.84. The summed E-state index contributed by atoms with van der Waals surface area (Å²) in [7, 11) is 0. The van der Waals surface area contributed by atoms with Gasteiger partial charge < -0.3 is 20.8 Å². The Labute approximate surface area is 191 Å². The van der Waals surface area contributed by atoms with Gasteiger partial charge in [-0.05, 0) is 31.0 Å². The van der Waals surface area contributed by atoms with Crippen molar-refractivity contribution in [2.45, 2.75) is 50.2 Å². The van der Waals surface area contributed by atoms with Gasteiger partial charge in [-0.15, -0.1) is 0 Å². The molecule has 34 heavy (non-hydrogen) atoms. The van der Waals surface area contributed by atoms with E-state index in [1.165, 1.54) is 19.9 Å². The normalized spacial score (nSPS) is 15.1. The van der Waals surface area contributed by atoms with Gasteiger partial charge in [0.05, 0.1) is 13.0 Å². The van der Waals surface area contributed by atoms with Gasteiger partial charge in [0.15, 0.2) is 11.6 Å². The van der Waals surface area contributed by atoms with Gasteiger partial charge in [-0.1, -0.05) is 13.8 Å². The van der Waals surface area contributed by atoms with Gasteiger partial charge in [-0.3, -0.25) is 14.6 Å². The van der Waals surface area contributed by atoms with Crippen molar-refractivity contribution >= 4 is 17.5 Å². The first kappa shape index (κ1) is 25.3. The minimum absolute atomic E-state index is 0.0370. The van der Waals surface area contributed by atoms with E-state index in [9.17, 15) is 41.8 Å². The van der Waals surface area contributed by atoms with Gasteiger partial charge in [0.25, 0.3) is 5.91 Å². The Morgan fingerprint density at radius 3 is 2.38 bits per heavy atom. The summed E-state index contributed by atoms with van der Waals surface area (Å²) in [5, 5.41) is 23.7. The minimum Gasteiger partial charge on any atom is -0.505 e. The Balaban J connectivity index is 1.74. The van der Waals surface area contributed by atoms with Crippen molar-refractivity contribution < 1.29 is 41.8 Å². The third-order valence-corrected chi connectivity index (χ3v) is 5.67. The predicted octanol–water partition coefficient (Wildman–Crippen LogP) is 3.34. The lowest BCUT2D eigenvalue weighted by Gasteiger charge is -2.24. The van der Waals surface area contributed by atoms with Crippen molar-refractivity contribution in [2.24, 2.45) is 0 Å². The summed E-state index contributed by atoms with van der Waals surface area (Å²) in [6.45, 7) is 2.43. The van der Waals surface area contributed by atoms with Crippen molar-refractivity contribution in [2.75, 3.05) is 11.9 Å². The minimum atomic E-state index is -4.61. The number of rotatable bonds is 7. The van der Waals surface area contributed by atoms with E-state index >= 15 is 0 Å². The van der Waals surface area contributed by atoms with Gasteiger partial charge in [-0.2, -0.15) is 13.2 Å². The van der Waals surface area contributed by atoms with Gasteiger partial charge >= 0.3 is 6.18 Å². The van der Waals surface area contributed by atoms with Crippen LogP contribution >= 0.6 is 0 Å². The van der Waals surface area contributed by atoms with Crippen LogP contribution in [0.25, 0.3) is 0 Å². The Kier molecular flexibility index (Phi) is 6.57. The topological polar surface area (TPSA) is 112 Å². The number of hydrogen-bond donors (Lipinski definition) is 4. The summed E-state index contributed by atoms with van der Waals surface area (Å²) in [5.41, 5.74) is -4.76. The van der Waals surface area contributed by atoms with Crippen LogP contribution in [0.4, 0.5) is 27.6 Å². The van der Waals surface area contributed by atoms with Crippen molar-refractivity contribution in [3.8, 4) is 5.75 Å². The molecule has 4 N–H and O–H groups in total. The number of phenols is 1. The molecule has 3 rings (SSSR count). The van der Waals surface area contributed by atoms with Crippen molar-refractivity contribution in [3.63, 3.8) is 0 Å². The molecule has 1 aromatic carbocycles. The van der Waals surface area contributed by atoms with E-state index in [0.29, 0.717) is 0 Å². The lowest BCUT2D eigenvalue weighted by Crippen LogP contribution is -2.48. The highest BCUT2D eigenvalue weighted by molar-refractivity contribution is 5.96. The quantitative estimate of drug-likeness (QED) is 0.448. The van der Waals surface area contributed by atoms with Crippen LogP contribution in [0.1, 0.15) is 48.3 Å². The number of alkyl halides is 3. The summed E-state index contributed by atoms with van der Waals surface area (Å²) < 4.78 is 68.3. The molecule has 0 bridgehead atoms. The molecule has 0 saturated heterocycles. The number of nitrogens with zero attached hydrogens (tertiary/aromatic N) is 1. The number of aromatic hydroxyl groups is 1. The number of pyridine rings is 1. The van der Waals surface area contributed by atoms with E-state index < -0.39 is 64.9 Å². The fourth-order valence-electron chi connectivity index (χ4n) is 3.30. The standard InChI is InChI=1S/C22H22F5N3O4/c1-20(2,10-31)13-9-14(23)12(17(24)18(13)33)8-16(32)29-11-3-6-28-15(7-11)19(34)30-21(4-5-21)22(25,26)27/h3,6-7,9,31,33H,4-5,8,10H2,1-2H3,(H,30,34)(H,28,29,32). The largest absolute Gasteiger partial charge is 0.505 e. The molecule has 1 saturated carbocycles. The van der Waals surface area contributed by atoms with E-state index in [1.54, 1.807) is 0 Å². The van der Waals surface area contributed by atoms with E-state index in [4.69, 9.17) is 0 Å². The number of nitrogens with one attached hydrogen (secondary N) is 2. The number of aliphatic hydroxyl groups excluding tert-OH is 1. The molecule has 12 heteroatoms. The lowest BCUT2D eigenvalue weighted by molar-refractivity contribution is -0.163. The van der Waals surface area contributed by atoms with E-state index in [-0.39, 0.29) is 29.8 Å². The monoisotopic (exact) mass is 487 g/mol. The highest BCUT2D eigenvalue weighted by Gasteiger charge is 2.64. The molecule has 7 nitrogen and oxygen atoms in total. The number of aliphatic hydroxyl groups is 1. The molecule has 0 spiro atoms. The number of anilines is 1. The molecule has 184 valence electrons. The number of carbonyl (C=O) groups is 2. The van der Waals surface area contributed by atoms with Gasteiger partial charge in [0.2, 0.25) is 5.91 Å². The zero-order valence-corrected chi connectivity index (χ0v) is 18.2. The van der Waals surface area contributed by atoms with E-state index in [1.807, 2.05) is 5.32 Å². The molecule has 2 amide bonds. The number of hydrogen-bond acceptors (Lipinski definition) is 5. The highest BCUT2D eigenvalue weighted by Crippen LogP contribution is 2.49. The first-order valence-corrected chi connectivity index (χ1v) is 10.2. The highest BCUT2D eigenvalue weighted by atomic mass is 19.4. The van der Waals surface area contributed by atoms with Crippen LogP contribution < -0.4 is 10.6 Å². The average Bonchev–Trinajstić information content (AvgIpc) is 3.54. The number of halogens is 5.